The van der Waals surface area contributed by atoms with Crippen molar-refractivity contribution in [1.29, 1.82) is 0 Å². The third kappa shape index (κ3) is 1.61. The molecule has 1 aromatic rings. The van der Waals surface area contributed by atoms with Crippen molar-refractivity contribution in [2.45, 2.75) is 6.42 Å². The molecule has 3 aliphatic rings. The SMILES string of the molecule is O=C1[C@@H]2[C@@H](C(=O)N1c1ccc(Cl)cc1[N+](=O)[O-])[C@H]1C=C[C@H]2C1. The van der Waals surface area contributed by atoms with Crippen molar-refractivity contribution >= 4 is 34.8 Å². The average molecular weight is 319 g/mol. The van der Waals surface area contributed by atoms with Crippen LogP contribution in [0, 0.1) is 33.8 Å². The lowest BCUT2D eigenvalue weighted by atomic mass is 9.85. The summed E-state index contributed by atoms with van der Waals surface area (Å²) in [7, 11) is 0. The molecule has 1 aliphatic heterocycles. The number of anilines is 1. The summed E-state index contributed by atoms with van der Waals surface area (Å²) in [5.74, 6) is -1.28. The van der Waals surface area contributed by atoms with Gasteiger partial charge in [-0.25, -0.2) is 4.90 Å². The molecule has 2 bridgehead atoms. The number of nitrogens with zero attached hydrogens (tertiary/aromatic N) is 2. The minimum atomic E-state index is -0.622. The highest BCUT2D eigenvalue weighted by atomic mass is 35.5. The number of hydrogen-bond acceptors (Lipinski definition) is 4. The van der Waals surface area contributed by atoms with E-state index in [1.807, 2.05) is 12.2 Å². The molecule has 2 aliphatic carbocycles. The van der Waals surface area contributed by atoms with Gasteiger partial charge in [-0.2, -0.15) is 0 Å². The Bertz CT molecular complexity index is 730. The molecule has 7 heteroatoms. The number of allylic oxidation sites excluding steroid dienone is 2. The molecule has 1 saturated carbocycles. The van der Waals surface area contributed by atoms with Gasteiger partial charge in [0.1, 0.15) is 5.69 Å². The van der Waals surface area contributed by atoms with Gasteiger partial charge in [0.25, 0.3) is 5.69 Å². The van der Waals surface area contributed by atoms with E-state index in [1.54, 1.807) is 0 Å². The van der Waals surface area contributed by atoms with Crippen LogP contribution in [0.4, 0.5) is 11.4 Å². The fraction of sp³-hybridized carbons (Fsp3) is 0.333. The molecule has 1 aromatic carbocycles. The van der Waals surface area contributed by atoms with Crippen LogP contribution in [0.5, 0.6) is 0 Å². The van der Waals surface area contributed by atoms with Gasteiger partial charge in [0.05, 0.1) is 16.8 Å². The first-order valence-electron chi connectivity index (χ1n) is 6.99. The molecule has 6 nitrogen and oxygen atoms in total. The van der Waals surface area contributed by atoms with Gasteiger partial charge in [-0.1, -0.05) is 23.8 Å². The number of carbonyl (C=O) groups is 2. The van der Waals surface area contributed by atoms with Crippen LogP contribution in [0.1, 0.15) is 6.42 Å². The Morgan fingerprint density at radius 2 is 1.73 bits per heavy atom. The monoisotopic (exact) mass is 318 g/mol. The summed E-state index contributed by atoms with van der Waals surface area (Å²) in [5, 5.41) is 11.4. The number of amides is 2. The summed E-state index contributed by atoms with van der Waals surface area (Å²) in [5.41, 5.74) is -0.312. The van der Waals surface area contributed by atoms with Gasteiger partial charge >= 0.3 is 0 Å². The molecule has 4 rings (SSSR count). The van der Waals surface area contributed by atoms with Crippen molar-refractivity contribution in [1.82, 2.24) is 0 Å². The Balaban J connectivity index is 1.81. The summed E-state index contributed by atoms with van der Waals surface area (Å²) >= 11 is 5.79. The number of fused-ring (bicyclic) bond motifs is 5. The third-order valence-corrected chi connectivity index (χ3v) is 5.08. The van der Waals surface area contributed by atoms with Gasteiger partial charge in [-0.3, -0.25) is 19.7 Å². The second-order valence-electron chi connectivity index (χ2n) is 5.90. The first-order valence-corrected chi connectivity index (χ1v) is 7.37. The normalized spacial score (nSPS) is 32.0. The molecule has 4 atom stereocenters. The molecule has 1 saturated heterocycles. The van der Waals surface area contributed by atoms with E-state index in [9.17, 15) is 19.7 Å². The van der Waals surface area contributed by atoms with Gasteiger partial charge in [-0.05, 0) is 30.4 Å². The van der Waals surface area contributed by atoms with E-state index >= 15 is 0 Å². The number of halogens is 1. The predicted octanol–water partition coefficient (Wildman–Crippen LogP) is 2.56. The molecule has 1 heterocycles. The Morgan fingerprint density at radius 1 is 1.14 bits per heavy atom. The Kier molecular flexibility index (Phi) is 2.69. The van der Waals surface area contributed by atoms with Crippen molar-refractivity contribution in [3.8, 4) is 0 Å². The first kappa shape index (κ1) is 13.5. The molecule has 0 spiro atoms. The largest absolute Gasteiger partial charge is 0.294 e. The highest BCUT2D eigenvalue weighted by Gasteiger charge is 2.60. The van der Waals surface area contributed by atoms with Crippen molar-refractivity contribution in [3.63, 3.8) is 0 Å². The van der Waals surface area contributed by atoms with Crippen LogP contribution in [-0.4, -0.2) is 16.7 Å². The fourth-order valence-electron chi connectivity index (χ4n) is 3.97. The van der Waals surface area contributed by atoms with E-state index in [2.05, 4.69) is 0 Å². The number of imide groups is 1. The number of carbonyl (C=O) groups excluding carboxylic acids is 2. The number of nitro groups is 1. The van der Waals surface area contributed by atoms with Gasteiger partial charge in [0, 0.05) is 11.1 Å². The molecule has 0 N–H and O–H groups in total. The zero-order chi connectivity index (χ0) is 15.6. The predicted molar refractivity (Wildman–Crippen MR) is 78.3 cm³/mol. The van der Waals surface area contributed by atoms with Crippen LogP contribution in [0.15, 0.2) is 30.4 Å². The van der Waals surface area contributed by atoms with Crippen LogP contribution in [-0.2, 0) is 9.59 Å². The summed E-state index contributed by atoms with van der Waals surface area (Å²) in [6.45, 7) is 0. The summed E-state index contributed by atoms with van der Waals surface area (Å²) in [6.07, 6.45) is 4.79. The van der Waals surface area contributed by atoms with Gasteiger partial charge in [0.2, 0.25) is 11.8 Å². The van der Waals surface area contributed by atoms with Crippen LogP contribution >= 0.6 is 11.6 Å². The van der Waals surface area contributed by atoms with E-state index in [4.69, 9.17) is 11.6 Å². The van der Waals surface area contributed by atoms with Gasteiger partial charge < -0.3 is 0 Å². The maximum atomic E-state index is 12.7. The van der Waals surface area contributed by atoms with Crippen LogP contribution in [0.3, 0.4) is 0 Å². The fourth-order valence-corrected chi connectivity index (χ4v) is 4.14. The smallest absolute Gasteiger partial charge is 0.274 e. The summed E-state index contributed by atoms with van der Waals surface area (Å²) in [6, 6.07) is 3.98. The lowest BCUT2D eigenvalue weighted by Gasteiger charge is -2.17. The lowest BCUT2D eigenvalue weighted by molar-refractivity contribution is -0.384. The molecule has 22 heavy (non-hydrogen) atoms. The topological polar surface area (TPSA) is 80.5 Å². The Hall–Kier alpha value is -2.21. The van der Waals surface area contributed by atoms with Crippen LogP contribution < -0.4 is 4.90 Å². The minimum absolute atomic E-state index is 0.0122. The maximum absolute atomic E-state index is 12.7. The molecule has 0 aromatic heterocycles. The highest BCUT2D eigenvalue weighted by Crippen LogP contribution is 2.53. The Labute approximate surface area is 130 Å². The van der Waals surface area contributed by atoms with Crippen molar-refractivity contribution in [3.05, 3.63) is 45.5 Å². The van der Waals surface area contributed by atoms with Gasteiger partial charge in [-0.15, -0.1) is 0 Å². The van der Waals surface area contributed by atoms with Crippen LogP contribution in [0.2, 0.25) is 5.02 Å². The standard InChI is InChI=1S/C15H11ClN2O4/c16-9-3-4-10(11(6-9)18(21)22)17-14(19)12-7-1-2-8(5-7)13(12)15(17)20/h1-4,6-8,12-13H,5H2/t7-,8-,12-,13-/m0/s1. The number of rotatable bonds is 2. The summed E-state index contributed by atoms with van der Waals surface area (Å²) in [4.78, 5) is 36.9. The van der Waals surface area contributed by atoms with Crippen molar-refractivity contribution < 1.29 is 14.5 Å². The highest BCUT2D eigenvalue weighted by molar-refractivity contribution is 6.31. The molecule has 2 amide bonds. The zero-order valence-electron chi connectivity index (χ0n) is 11.3. The zero-order valence-corrected chi connectivity index (χ0v) is 12.1. The number of nitro benzene ring substituents is 1. The van der Waals surface area contributed by atoms with E-state index in [-0.39, 0.29) is 51.9 Å². The van der Waals surface area contributed by atoms with Crippen molar-refractivity contribution in [2.75, 3.05) is 4.90 Å². The van der Waals surface area contributed by atoms with Crippen molar-refractivity contribution in [2.24, 2.45) is 23.7 Å². The molecule has 112 valence electrons. The average Bonchev–Trinajstić information content (AvgIpc) is 3.14. The first-order chi connectivity index (χ1) is 10.5. The Morgan fingerprint density at radius 3 is 2.27 bits per heavy atom. The van der Waals surface area contributed by atoms with Crippen LogP contribution in [0.25, 0.3) is 0 Å². The summed E-state index contributed by atoms with van der Waals surface area (Å²) < 4.78 is 0. The quantitative estimate of drug-likeness (QED) is 0.363. The lowest BCUT2D eigenvalue weighted by Crippen LogP contribution is -2.33. The van der Waals surface area contributed by atoms with E-state index in [1.165, 1.54) is 18.2 Å². The minimum Gasteiger partial charge on any atom is -0.274 e. The van der Waals surface area contributed by atoms with E-state index < -0.39 is 4.92 Å². The van der Waals surface area contributed by atoms with E-state index in [0.29, 0.717) is 0 Å². The molecular weight excluding hydrogens is 308 g/mol. The van der Waals surface area contributed by atoms with E-state index in [0.717, 1.165) is 11.3 Å². The molecule has 2 fully saturated rings. The number of hydrogen-bond donors (Lipinski definition) is 0. The molecule has 0 unspecified atom stereocenters. The molecular formula is C15H11ClN2O4. The number of benzene rings is 1. The second kappa shape index (κ2) is 4.39. The second-order valence-corrected chi connectivity index (χ2v) is 6.34. The third-order valence-electron chi connectivity index (χ3n) is 4.85. The molecule has 0 radical (unpaired) electrons. The maximum Gasteiger partial charge on any atom is 0.294 e. The van der Waals surface area contributed by atoms with Gasteiger partial charge in [0.15, 0.2) is 0 Å².